The molecule has 0 spiro atoms. The van der Waals surface area contributed by atoms with Crippen LogP contribution >= 0.6 is 11.8 Å². The first-order valence-electron chi connectivity index (χ1n) is 12.5. The number of aryl methyl sites for hydroxylation is 1. The Hall–Kier alpha value is -1.82. The normalized spacial score (nSPS) is 29.2. The molecule has 4 aliphatic rings. The predicted octanol–water partition coefficient (Wildman–Crippen LogP) is 5.24. The zero-order valence-corrected chi connectivity index (χ0v) is 20.2. The lowest BCUT2D eigenvalue weighted by atomic mass is 9.49. The Morgan fingerprint density at radius 1 is 1.12 bits per heavy atom. The van der Waals surface area contributed by atoms with E-state index < -0.39 is 0 Å². The number of carbonyl (C=O) groups is 1. The van der Waals surface area contributed by atoms with Crippen molar-refractivity contribution >= 4 is 17.7 Å². The molecule has 32 heavy (non-hydrogen) atoms. The van der Waals surface area contributed by atoms with E-state index in [9.17, 15) is 4.79 Å². The monoisotopic (exact) mass is 452 g/mol. The Morgan fingerprint density at radius 2 is 1.78 bits per heavy atom. The van der Waals surface area contributed by atoms with Gasteiger partial charge in [-0.2, -0.15) is 0 Å². The van der Waals surface area contributed by atoms with Gasteiger partial charge in [-0.05, 0) is 74.7 Å². The zero-order valence-electron chi connectivity index (χ0n) is 19.4. The van der Waals surface area contributed by atoms with Crippen LogP contribution in [0.1, 0.15) is 70.2 Å². The number of amides is 1. The average Bonchev–Trinajstić information content (AvgIpc) is 3.16. The molecule has 4 aliphatic carbocycles. The summed E-state index contributed by atoms with van der Waals surface area (Å²) in [6, 6.07) is 10.6. The van der Waals surface area contributed by atoms with E-state index in [1.165, 1.54) is 24.8 Å². The van der Waals surface area contributed by atoms with E-state index >= 15 is 0 Å². The zero-order chi connectivity index (χ0) is 22.1. The Balaban J connectivity index is 1.29. The van der Waals surface area contributed by atoms with Crippen molar-refractivity contribution in [3.63, 3.8) is 0 Å². The minimum absolute atomic E-state index is 0.113. The smallest absolute Gasteiger partial charge is 0.226 e. The number of hydrogen-bond donors (Lipinski definition) is 1. The summed E-state index contributed by atoms with van der Waals surface area (Å²) in [4.78, 5) is 13.4. The molecule has 4 bridgehead atoms. The molecule has 6 heteroatoms. The van der Waals surface area contributed by atoms with Gasteiger partial charge >= 0.3 is 0 Å². The van der Waals surface area contributed by atoms with E-state index in [1.54, 1.807) is 11.8 Å². The summed E-state index contributed by atoms with van der Waals surface area (Å²) in [6.07, 6.45) is 9.39. The summed E-state index contributed by atoms with van der Waals surface area (Å²) < 4.78 is 2.23. The molecule has 172 valence electrons. The van der Waals surface area contributed by atoms with Crippen LogP contribution in [0.5, 0.6) is 0 Å². The number of benzene rings is 1. The Morgan fingerprint density at radius 3 is 2.41 bits per heavy atom. The summed E-state index contributed by atoms with van der Waals surface area (Å²) in [5.41, 5.74) is 1.20. The fraction of sp³-hybridized carbons (Fsp3) is 0.654. The first-order valence-corrected chi connectivity index (χ1v) is 13.3. The van der Waals surface area contributed by atoms with Crippen molar-refractivity contribution in [2.75, 3.05) is 0 Å². The number of nitrogens with one attached hydrogen (secondary N) is 1. The summed E-state index contributed by atoms with van der Waals surface area (Å²) in [5.74, 6) is 3.48. The van der Waals surface area contributed by atoms with Crippen LogP contribution in [0, 0.1) is 23.2 Å². The van der Waals surface area contributed by atoms with Gasteiger partial charge in [0.05, 0.1) is 6.54 Å². The predicted molar refractivity (Wildman–Crippen MR) is 128 cm³/mol. The largest absolute Gasteiger partial charge is 0.348 e. The number of rotatable bonds is 9. The molecule has 0 aliphatic heterocycles. The van der Waals surface area contributed by atoms with Crippen LogP contribution in [0.4, 0.5) is 0 Å². The van der Waals surface area contributed by atoms with Crippen LogP contribution in [-0.4, -0.2) is 25.9 Å². The second-order valence-corrected chi connectivity index (χ2v) is 11.9. The maximum Gasteiger partial charge on any atom is 0.226 e. The van der Waals surface area contributed by atoms with Crippen molar-refractivity contribution in [2.24, 2.45) is 23.2 Å². The number of aromatic nitrogens is 3. The molecule has 0 saturated heterocycles. The molecule has 4 fully saturated rings. The van der Waals surface area contributed by atoms with E-state index in [2.05, 4.69) is 64.3 Å². The number of thioether (sulfide) groups is 1. The second kappa shape index (κ2) is 9.20. The lowest BCUT2D eigenvalue weighted by Crippen LogP contribution is -2.53. The molecular weight excluding hydrogens is 416 g/mol. The summed E-state index contributed by atoms with van der Waals surface area (Å²) in [7, 11) is 0. The van der Waals surface area contributed by atoms with Gasteiger partial charge in [-0.3, -0.25) is 4.79 Å². The molecule has 1 atom stereocenters. The van der Waals surface area contributed by atoms with Gasteiger partial charge in [0.25, 0.3) is 0 Å². The van der Waals surface area contributed by atoms with Crippen molar-refractivity contribution in [3.05, 3.63) is 41.7 Å². The summed E-state index contributed by atoms with van der Waals surface area (Å²) in [6.45, 7) is 5.74. The highest BCUT2D eigenvalue weighted by molar-refractivity contribution is 7.99. The van der Waals surface area contributed by atoms with Gasteiger partial charge in [0.1, 0.15) is 0 Å². The minimum Gasteiger partial charge on any atom is -0.348 e. The van der Waals surface area contributed by atoms with Gasteiger partial charge in [0, 0.05) is 17.2 Å². The lowest BCUT2D eigenvalue weighted by molar-refractivity contribution is -0.146. The first-order chi connectivity index (χ1) is 15.5. The van der Waals surface area contributed by atoms with E-state index in [-0.39, 0.29) is 11.3 Å². The Labute approximate surface area is 196 Å². The molecule has 4 saturated carbocycles. The van der Waals surface area contributed by atoms with E-state index in [1.807, 2.05) is 0 Å². The van der Waals surface area contributed by atoms with Crippen LogP contribution in [0.15, 0.2) is 35.5 Å². The topological polar surface area (TPSA) is 59.8 Å². The molecule has 6 rings (SSSR count). The third kappa shape index (κ3) is 4.48. The van der Waals surface area contributed by atoms with Gasteiger partial charge in [-0.25, -0.2) is 0 Å². The molecule has 1 aromatic heterocycles. The third-order valence-electron chi connectivity index (χ3n) is 8.07. The molecule has 1 unspecified atom stereocenters. The van der Waals surface area contributed by atoms with Crippen molar-refractivity contribution in [3.8, 4) is 0 Å². The van der Waals surface area contributed by atoms with Crippen LogP contribution in [0.25, 0.3) is 0 Å². The molecular formula is C26H36N4OS. The highest BCUT2D eigenvalue weighted by Crippen LogP contribution is 2.60. The third-order valence-corrected chi connectivity index (χ3v) is 9.32. The van der Waals surface area contributed by atoms with Crippen LogP contribution < -0.4 is 5.32 Å². The Kier molecular flexibility index (Phi) is 6.33. The number of carbonyl (C=O) groups excluding carboxylic acids is 1. The summed E-state index contributed by atoms with van der Waals surface area (Å²) in [5, 5.41) is 13.8. The fourth-order valence-electron chi connectivity index (χ4n) is 6.65. The van der Waals surface area contributed by atoms with E-state index in [0.29, 0.717) is 11.8 Å². The van der Waals surface area contributed by atoms with E-state index in [0.717, 1.165) is 67.4 Å². The lowest BCUT2D eigenvalue weighted by Gasteiger charge is -2.55. The quantitative estimate of drug-likeness (QED) is 0.528. The number of nitrogens with zero attached hydrogens (tertiary/aromatic N) is 3. The SMILES string of the molecule is CCC(C)Sc1nnc(CNC(=O)C23CC4CC(CC(C4)C2)C3)n1CCc1ccccc1. The first kappa shape index (κ1) is 22.0. The molecule has 1 aromatic carbocycles. The number of hydrogen-bond acceptors (Lipinski definition) is 4. The maximum atomic E-state index is 13.4. The van der Waals surface area contributed by atoms with Gasteiger partial charge in [-0.1, -0.05) is 55.9 Å². The van der Waals surface area contributed by atoms with Crippen molar-refractivity contribution in [2.45, 2.75) is 88.7 Å². The van der Waals surface area contributed by atoms with Crippen molar-refractivity contribution in [1.82, 2.24) is 20.1 Å². The van der Waals surface area contributed by atoms with Gasteiger partial charge in [0.15, 0.2) is 11.0 Å². The highest BCUT2D eigenvalue weighted by atomic mass is 32.2. The van der Waals surface area contributed by atoms with E-state index in [4.69, 9.17) is 0 Å². The van der Waals surface area contributed by atoms with Crippen LogP contribution in [-0.2, 0) is 24.3 Å². The standard InChI is InChI=1S/C26H36N4OS/c1-3-18(2)32-25-29-28-23(30(25)10-9-19-7-5-4-6-8-19)17-27-24(31)26-14-20-11-21(15-26)13-22(12-20)16-26/h4-8,18,20-22H,3,9-17H2,1-2H3,(H,27,31). The molecule has 1 amide bonds. The molecule has 1 N–H and O–H groups in total. The fourth-order valence-corrected chi connectivity index (χ4v) is 7.58. The average molecular weight is 453 g/mol. The van der Waals surface area contributed by atoms with Gasteiger partial charge < -0.3 is 9.88 Å². The highest BCUT2D eigenvalue weighted by Gasteiger charge is 2.54. The molecule has 1 heterocycles. The second-order valence-electron chi connectivity index (χ2n) is 10.5. The molecule has 2 aromatic rings. The Bertz CT molecular complexity index is 905. The van der Waals surface area contributed by atoms with Crippen LogP contribution in [0.2, 0.25) is 0 Å². The van der Waals surface area contributed by atoms with Crippen molar-refractivity contribution < 1.29 is 4.79 Å². The summed E-state index contributed by atoms with van der Waals surface area (Å²) >= 11 is 1.78. The minimum atomic E-state index is -0.113. The van der Waals surface area contributed by atoms with Gasteiger partial charge in [-0.15, -0.1) is 10.2 Å². The van der Waals surface area contributed by atoms with Gasteiger partial charge in [0.2, 0.25) is 5.91 Å². The molecule has 5 nitrogen and oxygen atoms in total. The molecule has 0 radical (unpaired) electrons. The van der Waals surface area contributed by atoms with Crippen molar-refractivity contribution in [1.29, 1.82) is 0 Å². The van der Waals surface area contributed by atoms with Crippen LogP contribution in [0.3, 0.4) is 0 Å². The maximum absolute atomic E-state index is 13.4.